The van der Waals surface area contributed by atoms with Crippen LogP contribution in [0.1, 0.15) is 6.42 Å². The van der Waals surface area contributed by atoms with Crippen molar-refractivity contribution in [3.05, 3.63) is 0 Å². The highest BCUT2D eigenvalue weighted by molar-refractivity contribution is 7.99. The summed E-state index contributed by atoms with van der Waals surface area (Å²) in [6, 6.07) is 0.405. The zero-order valence-electron chi connectivity index (χ0n) is 7.33. The SMILES string of the molecule is C#CCSCCN1CCC(N)C1. The lowest BCUT2D eigenvalue weighted by Gasteiger charge is -2.13. The van der Waals surface area contributed by atoms with E-state index in [1.807, 2.05) is 11.8 Å². The summed E-state index contributed by atoms with van der Waals surface area (Å²) in [5.74, 6) is 4.59. The fourth-order valence-corrected chi connectivity index (χ4v) is 2.04. The quantitative estimate of drug-likeness (QED) is 0.506. The van der Waals surface area contributed by atoms with Gasteiger partial charge in [-0.2, -0.15) is 0 Å². The first-order valence-corrected chi connectivity index (χ1v) is 5.47. The summed E-state index contributed by atoms with van der Waals surface area (Å²) in [4.78, 5) is 2.41. The molecular formula is C9H16N2S. The van der Waals surface area contributed by atoms with E-state index < -0.39 is 0 Å². The lowest BCUT2D eigenvalue weighted by Crippen LogP contribution is -2.28. The highest BCUT2D eigenvalue weighted by atomic mass is 32.2. The van der Waals surface area contributed by atoms with Crippen LogP contribution in [-0.2, 0) is 0 Å². The van der Waals surface area contributed by atoms with Gasteiger partial charge in [0, 0.05) is 24.9 Å². The zero-order chi connectivity index (χ0) is 8.81. The van der Waals surface area contributed by atoms with E-state index in [-0.39, 0.29) is 0 Å². The van der Waals surface area contributed by atoms with E-state index in [4.69, 9.17) is 12.2 Å². The van der Waals surface area contributed by atoms with Gasteiger partial charge in [-0.15, -0.1) is 18.2 Å². The van der Waals surface area contributed by atoms with Crippen molar-refractivity contribution in [2.75, 3.05) is 31.1 Å². The van der Waals surface area contributed by atoms with Gasteiger partial charge in [0.2, 0.25) is 0 Å². The highest BCUT2D eigenvalue weighted by Crippen LogP contribution is 2.08. The number of likely N-dealkylation sites (tertiary alicyclic amines) is 1. The molecule has 0 spiro atoms. The fourth-order valence-electron chi connectivity index (χ4n) is 1.39. The van der Waals surface area contributed by atoms with Gasteiger partial charge in [-0.25, -0.2) is 0 Å². The second-order valence-corrected chi connectivity index (χ2v) is 4.21. The van der Waals surface area contributed by atoms with E-state index >= 15 is 0 Å². The first-order chi connectivity index (χ1) is 5.83. The summed E-state index contributed by atoms with van der Waals surface area (Å²) in [5, 5.41) is 0. The molecule has 68 valence electrons. The molecule has 12 heavy (non-hydrogen) atoms. The second-order valence-electron chi connectivity index (χ2n) is 3.11. The molecule has 1 aliphatic rings. The average Bonchev–Trinajstić information content (AvgIpc) is 2.45. The molecule has 1 unspecified atom stereocenters. The number of hydrogen-bond donors (Lipinski definition) is 1. The molecular weight excluding hydrogens is 168 g/mol. The second kappa shape index (κ2) is 5.47. The van der Waals surface area contributed by atoms with E-state index in [1.54, 1.807) is 0 Å². The lowest BCUT2D eigenvalue weighted by molar-refractivity contribution is 0.357. The third kappa shape index (κ3) is 3.48. The van der Waals surface area contributed by atoms with Gasteiger partial charge in [0.25, 0.3) is 0 Å². The molecule has 0 bridgehead atoms. The van der Waals surface area contributed by atoms with Crippen LogP contribution in [-0.4, -0.2) is 42.1 Å². The van der Waals surface area contributed by atoms with Gasteiger partial charge in [0.05, 0.1) is 5.75 Å². The molecule has 0 amide bonds. The van der Waals surface area contributed by atoms with Gasteiger partial charge in [-0.05, 0) is 13.0 Å². The fraction of sp³-hybridized carbons (Fsp3) is 0.778. The monoisotopic (exact) mass is 184 g/mol. The Morgan fingerprint density at radius 2 is 2.50 bits per heavy atom. The minimum absolute atomic E-state index is 0.405. The molecule has 1 fully saturated rings. The van der Waals surface area contributed by atoms with Crippen LogP contribution in [0.2, 0.25) is 0 Å². The van der Waals surface area contributed by atoms with E-state index in [0.29, 0.717) is 6.04 Å². The number of nitrogens with two attached hydrogens (primary N) is 1. The van der Waals surface area contributed by atoms with Crippen LogP contribution in [0, 0.1) is 12.3 Å². The van der Waals surface area contributed by atoms with Crippen molar-refractivity contribution in [2.45, 2.75) is 12.5 Å². The minimum atomic E-state index is 0.405. The Kier molecular flexibility index (Phi) is 4.52. The van der Waals surface area contributed by atoms with Gasteiger partial charge in [0.1, 0.15) is 0 Å². The van der Waals surface area contributed by atoms with E-state index in [2.05, 4.69) is 10.8 Å². The molecule has 1 heterocycles. The summed E-state index contributed by atoms with van der Waals surface area (Å²) in [7, 11) is 0. The average molecular weight is 184 g/mol. The zero-order valence-corrected chi connectivity index (χ0v) is 8.15. The van der Waals surface area contributed by atoms with Gasteiger partial charge >= 0.3 is 0 Å². The topological polar surface area (TPSA) is 29.3 Å². The number of rotatable bonds is 4. The first-order valence-electron chi connectivity index (χ1n) is 4.32. The Labute approximate surface area is 78.9 Å². The van der Waals surface area contributed by atoms with Crippen molar-refractivity contribution < 1.29 is 0 Å². The predicted octanol–water partition coefficient (Wildman–Crippen LogP) is 0.386. The number of hydrogen-bond acceptors (Lipinski definition) is 3. The van der Waals surface area contributed by atoms with Crippen LogP contribution in [0.3, 0.4) is 0 Å². The molecule has 0 radical (unpaired) electrons. The summed E-state index contributed by atoms with van der Waals surface area (Å²) >= 11 is 1.82. The van der Waals surface area contributed by atoms with Crippen molar-refractivity contribution in [3.8, 4) is 12.3 Å². The number of thioether (sulfide) groups is 1. The molecule has 1 rings (SSSR count). The Morgan fingerprint density at radius 3 is 3.08 bits per heavy atom. The molecule has 0 saturated carbocycles. The standard InChI is InChI=1S/C9H16N2S/c1-2-6-12-7-5-11-4-3-9(10)8-11/h1,9H,3-8,10H2. The molecule has 0 aromatic carbocycles. The van der Waals surface area contributed by atoms with Gasteiger partial charge in [-0.1, -0.05) is 5.92 Å². The van der Waals surface area contributed by atoms with Crippen LogP contribution in [0.4, 0.5) is 0 Å². The van der Waals surface area contributed by atoms with Crippen LogP contribution < -0.4 is 5.73 Å². The van der Waals surface area contributed by atoms with Gasteiger partial charge < -0.3 is 10.6 Å². The van der Waals surface area contributed by atoms with Crippen molar-refractivity contribution in [1.29, 1.82) is 0 Å². The maximum absolute atomic E-state index is 5.77. The largest absolute Gasteiger partial charge is 0.326 e. The normalized spacial score (nSPS) is 24.2. The maximum Gasteiger partial charge on any atom is 0.0545 e. The van der Waals surface area contributed by atoms with E-state index in [1.165, 1.54) is 0 Å². The van der Waals surface area contributed by atoms with Crippen molar-refractivity contribution >= 4 is 11.8 Å². The smallest absolute Gasteiger partial charge is 0.0545 e. The van der Waals surface area contributed by atoms with Gasteiger partial charge in [-0.3, -0.25) is 0 Å². The van der Waals surface area contributed by atoms with Crippen LogP contribution in [0.15, 0.2) is 0 Å². The molecule has 0 aliphatic carbocycles. The molecule has 3 heteroatoms. The van der Waals surface area contributed by atoms with Crippen LogP contribution in [0.25, 0.3) is 0 Å². The molecule has 2 nitrogen and oxygen atoms in total. The Bertz CT molecular complexity index is 164. The van der Waals surface area contributed by atoms with E-state index in [9.17, 15) is 0 Å². The molecule has 1 saturated heterocycles. The summed E-state index contributed by atoms with van der Waals surface area (Å²) in [6.45, 7) is 3.37. The molecule has 0 aromatic rings. The van der Waals surface area contributed by atoms with Gasteiger partial charge in [0.15, 0.2) is 0 Å². The summed E-state index contributed by atoms with van der Waals surface area (Å²) in [6.07, 6.45) is 6.29. The van der Waals surface area contributed by atoms with Crippen LogP contribution in [0.5, 0.6) is 0 Å². The Balaban J connectivity index is 1.97. The highest BCUT2D eigenvalue weighted by Gasteiger charge is 2.17. The third-order valence-corrected chi connectivity index (χ3v) is 2.89. The van der Waals surface area contributed by atoms with Crippen LogP contribution >= 0.6 is 11.8 Å². The molecule has 1 atom stereocenters. The van der Waals surface area contributed by atoms with E-state index in [0.717, 1.165) is 37.6 Å². The molecule has 1 aliphatic heterocycles. The summed E-state index contributed by atoms with van der Waals surface area (Å²) in [5.41, 5.74) is 5.77. The van der Waals surface area contributed by atoms with Crippen molar-refractivity contribution in [2.24, 2.45) is 5.73 Å². The predicted molar refractivity (Wildman–Crippen MR) is 55.2 cm³/mol. The van der Waals surface area contributed by atoms with Crippen molar-refractivity contribution in [1.82, 2.24) is 4.90 Å². The number of nitrogens with zero attached hydrogens (tertiary/aromatic N) is 1. The Morgan fingerprint density at radius 1 is 1.67 bits per heavy atom. The lowest BCUT2D eigenvalue weighted by atomic mass is 10.3. The molecule has 2 N–H and O–H groups in total. The minimum Gasteiger partial charge on any atom is -0.326 e. The third-order valence-electron chi connectivity index (χ3n) is 2.05. The Hall–Kier alpha value is -0.170. The maximum atomic E-state index is 5.77. The summed E-state index contributed by atoms with van der Waals surface area (Å²) < 4.78 is 0. The number of terminal acetylenes is 1. The first kappa shape index (κ1) is 9.91. The molecule has 0 aromatic heterocycles. The van der Waals surface area contributed by atoms with Crippen molar-refractivity contribution in [3.63, 3.8) is 0 Å².